The van der Waals surface area contributed by atoms with Crippen LogP contribution in [0.25, 0.3) is 0 Å². The number of carbonyl (C=O) groups excluding carboxylic acids is 1. The van der Waals surface area contributed by atoms with Crippen LogP contribution < -0.4 is 10.2 Å². The standard InChI is InChI=1S/C18H17N5O/c1-23(15-8-3-2-4-9-15)17-11-16(21-13-22-17)18(24)20-12-14-7-5-6-10-19-14/h2-11,13H,12H2,1H3,(H,20,24). The second-order valence-electron chi connectivity index (χ2n) is 5.16. The lowest BCUT2D eigenvalue weighted by Gasteiger charge is -2.18. The monoisotopic (exact) mass is 319 g/mol. The Bertz CT molecular complexity index is 808. The third-order valence-electron chi connectivity index (χ3n) is 3.53. The number of amides is 1. The molecule has 1 N–H and O–H groups in total. The number of benzene rings is 1. The van der Waals surface area contributed by atoms with E-state index in [4.69, 9.17) is 0 Å². The molecule has 0 bridgehead atoms. The maximum atomic E-state index is 12.3. The first kappa shape index (κ1) is 15.6. The van der Waals surface area contributed by atoms with Gasteiger partial charge in [-0.2, -0.15) is 0 Å². The van der Waals surface area contributed by atoms with Crippen LogP contribution in [0.5, 0.6) is 0 Å². The summed E-state index contributed by atoms with van der Waals surface area (Å²) >= 11 is 0. The predicted molar refractivity (Wildman–Crippen MR) is 91.9 cm³/mol. The van der Waals surface area contributed by atoms with Crippen LogP contribution in [0, 0.1) is 0 Å². The summed E-state index contributed by atoms with van der Waals surface area (Å²) in [6.07, 6.45) is 3.09. The largest absolute Gasteiger partial charge is 0.345 e. The van der Waals surface area contributed by atoms with Gasteiger partial charge in [0.2, 0.25) is 0 Å². The molecule has 1 aromatic carbocycles. The van der Waals surface area contributed by atoms with Gasteiger partial charge in [0.15, 0.2) is 0 Å². The van der Waals surface area contributed by atoms with Gasteiger partial charge >= 0.3 is 0 Å². The maximum Gasteiger partial charge on any atom is 0.270 e. The number of hydrogen-bond acceptors (Lipinski definition) is 5. The molecule has 0 spiro atoms. The fourth-order valence-corrected chi connectivity index (χ4v) is 2.20. The minimum atomic E-state index is -0.259. The van der Waals surface area contributed by atoms with E-state index < -0.39 is 0 Å². The Balaban J connectivity index is 1.71. The summed E-state index contributed by atoms with van der Waals surface area (Å²) in [5.74, 6) is 0.393. The Morgan fingerprint density at radius 1 is 1.04 bits per heavy atom. The first-order valence-electron chi connectivity index (χ1n) is 7.53. The SMILES string of the molecule is CN(c1ccccc1)c1cc(C(=O)NCc2ccccn2)ncn1. The quantitative estimate of drug-likeness (QED) is 0.782. The minimum Gasteiger partial charge on any atom is -0.345 e. The third kappa shape index (κ3) is 3.73. The van der Waals surface area contributed by atoms with Crippen molar-refractivity contribution in [3.8, 4) is 0 Å². The molecule has 0 aliphatic heterocycles. The summed E-state index contributed by atoms with van der Waals surface area (Å²) < 4.78 is 0. The zero-order valence-electron chi connectivity index (χ0n) is 13.3. The summed E-state index contributed by atoms with van der Waals surface area (Å²) in [6, 6.07) is 17.0. The van der Waals surface area contributed by atoms with Gasteiger partial charge in [0.1, 0.15) is 17.8 Å². The second kappa shape index (κ2) is 7.32. The first-order chi connectivity index (χ1) is 11.7. The van der Waals surface area contributed by atoms with Crippen molar-refractivity contribution in [2.24, 2.45) is 0 Å². The topological polar surface area (TPSA) is 71.0 Å². The predicted octanol–water partition coefficient (Wildman–Crippen LogP) is 2.57. The molecule has 0 aliphatic carbocycles. The van der Waals surface area contributed by atoms with Gasteiger partial charge in [0.25, 0.3) is 5.91 Å². The van der Waals surface area contributed by atoms with E-state index in [1.54, 1.807) is 12.3 Å². The van der Waals surface area contributed by atoms with Crippen molar-refractivity contribution < 1.29 is 4.79 Å². The zero-order valence-corrected chi connectivity index (χ0v) is 13.3. The molecule has 24 heavy (non-hydrogen) atoms. The van der Waals surface area contributed by atoms with Gasteiger partial charge < -0.3 is 10.2 Å². The van der Waals surface area contributed by atoms with Gasteiger partial charge in [-0.05, 0) is 24.3 Å². The number of hydrogen-bond donors (Lipinski definition) is 1. The molecule has 6 heteroatoms. The van der Waals surface area contributed by atoms with Crippen LogP contribution in [0.3, 0.4) is 0 Å². The summed E-state index contributed by atoms with van der Waals surface area (Å²) in [7, 11) is 1.90. The number of aromatic nitrogens is 3. The van der Waals surface area contributed by atoms with Crippen LogP contribution in [0.15, 0.2) is 67.1 Å². The second-order valence-corrected chi connectivity index (χ2v) is 5.16. The van der Waals surface area contributed by atoms with E-state index in [9.17, 15) is 4.79 Å². The van der Waals surface area contributed by atoms with Crippen molar-refractivity contribution in [2.45, 2.75) is 6.54 Å². The highest BCUT2D eigenvalue weighted by atomic mass is 16.1. The average Bonchev–Trinajstić information content (AvgIpc) is 2.67. The Morgan fingerprint density at radius 2 is 1.83 bits per heavy atom. The minimum absolute atomic E-state index is 0.259. The molecule has 0 unspecified atom stereocenters. The van der Waals surface area contributed by atoms with Crippen molar-refractivity contribution in [1.82, 2.24) is 20.3 Å². The lowest BCUT2D eigenvalue weighted by atomic mass is 10.3. The normalized spacial score (nSPS) is 10.2. The molecule has 0 saturated heterocycles. The van der Waals surface area contributed by atoms with Crippen LogP contribution in [-0.4, -0.2) is 27.9 Å². The molecule has 0 radical (unpaired) electrons. The van der Waals surface area contributed by atoms with Crippen LogP contribution in [0.2, 0.25) is 0 Å². The molecule has 2 aromatic heterocycles. The Kier molecular flexibility index (Phi) is 4.76. The Hall–Kier alpha value is -3.28. The van der Waals surface area contributed by atoms with Gasteiger partial charge in [-0.15, -0.1) is 0 Å². The molecular weight excluding hydrogens is 302 g/mol. The highest BCUT2D eigenvalue weighted by molar-refractivity contribution is 5.92. The molecule has 120 valence electrons. The van der Waals surface area contributed by atoms with E-state index in [1.165, 1.54) is 6.33 Å². The van der Waals surface area contributed by atoms with Crippen molar-refractivity contribution in [1.29, 1.82) is 0 Å². The van der Waals surface area contributed by atoms with Crippen LogP contribution in [-0.2, 0) is 6.54 Å². The molecule has 3 rings (SSSR count). The van der Waals surface area contributed by atoms with Crippen molar-refractivity contribution in [3.63, 3.8) is 0 Å². The smallest absolute Gasteiger partial charge is 0.270 e. The van der Waals surface area contributed by atoms with E-state index in [0.29, 0.717) is 18.1 Å². The Labute approximate surface area is 140 Å². The molecule has 0 aliphatic rings. The van der Waals surface area contributed by atoms with Gasteiger partial charge in [0.05, 0.1) is 12.2 Å². The maximum absolute atomic E-state index is 12.3. The fourth-order valence-electron chi connectivity index (χ4n) is 2.20. The van der Waals surface area contributed by atoms with Crippen molar-refractivity contribution in [3.05, 3.63) is 78.5 Å². The summed E-state index contributed by atoms with van der Waals surface area (Å²) in [5, 5.41) is 2.81. The average molecular weight is 319 g/mol. The summed E-state index contributed by atoms with van der Waals surface area (Å²) in [4.78, 5) is 26.7. The van der Waals surface area contributed by atoms with Crippen LogP contribution >= 0.6 is 0 Å². The van der Waals surface area contributed by atoms with Gasteiger partial charge in [-0.1, -0.05) is 24.3 Å². The third-order valence-corrected chi connectivity index (χ3v) is 3.53. The van der Waals surface area contributed by atoms with Crippen LogP contribution in [0.4, 0.5) is 11.5 Å². The molecule has 0 saturated carbocycles. The highest BCUT2D eigenvalue weighted by Crippen LogP contribution is 2.20. The van der Waals surface area contributed by atoms with Crippen LogP contribution in [0.1, 0.15) is 16.2 Å². The lowest BCUT2D eigenvalue weighted by molar-refractivity contribution is 0.0945. The molecular formula is C18H17N5O. The lowest BCUT2D eigenvalue weighted by Crippen LogP contribution is -2.25. The summed E-state index contributed by atoms with van der Waals surface area (Å²) in [6.45, 7) is 0.355. The van der Waals surface area contributed by atoms with E-state index in [2.05, 4.69) is 20.3 Å². The van der Waals surface area contributed by atoms with E-state index in [-0.39, 0.29) is 5.91 Å². The zero-order chi connectivity index (χ0) is 16.8. The number of nitrogens with one attached hydrogen (secondary N) is 1. The number of carbonyl (C=O) groups is 1. The molecule has 6 nitrogen and oxygen atoms in total. The highest BCUT2D eigenvalue weighted by Gasteiger charge is 2.11. The number of rotatable bonds is 5. The van der Waals surface area contributed by atoms with Crippen molar-refractivity contribution in [2.75, 3.05) is 11.9 Å². The molecule has 1 amide bonds. The van der Waals surface area contributed by atoms with Crippen molar-refractivity contribution >= 4 is 17.4 Å². The number of nitrogens with zero attached hydrogens (tertiary/aromatic N) is 4. The Morgan fingerprint density at radius 3 is 2.58 bits per heavy atom. The van der Waals surface area contributed by atoms with Gasteiger partial charge in [-0.25, -0.2) is 9.97 Å². The first-order valence-corrected chi connectivity index (χ1v) is 7.53. The van der Waals surface area contributed by atoms with Gasteiger partial charge in [-0.3, -0.25) is 9.78 Å². The van der Waals surface area contributed by atoms with E-state index in [0.717, 1.165) is 11.4 Å². The summed E-state index contributed by atoms with van der Waals surface area (Å²) in [5.41, 5.74) is 2.09. The molecule has 0 atom stereocenters. The number of anilines is 2. The number of pyridine rings is 1. The molecule has 2 heterocycles. The van der Waals surface area contributed by atoms with E-state index >= 15 is 0 Å². The van der Waals surface area contributed by atoms with Gasteiger partial charge in [0, 0.05) is 25.0 Å². The number of para-hydroxylation sites is 1. The molecule has 0 fully saturated rings. The van der Waals surface area contributed by atoms with E-state index in [1.807, 2.05) is 60.5 Å². The molecule has 3 aromatic rings. The fraction of sp³-hybridized carbons (Fsp3) is 0.111.